The van der Waals surface area contributed by atoms with E-state index in [0.717, 1.165) is 24.2 Å². The van der Waals surface area contributed by atoms with Crippen LogP contribution in [0, 0.1) is 5.82 Å². The van der Waals surface area contributed by atoms with Gasteiger partial charge in [-0.05, 0) is 36.2 Å². The summed E-state index contributed by atoms with van der Waals surface area (Å²) in [7, 11) is 0. The topological polar surface area (TPSA) is 49.4 Å². The number of halogens is 2. The first-order chi connectivity index (χ1) is 11.5. The lowest BCUT2D eigenvalue weighted by Crippen LogP contribution is -2.23. The maximum absolute atomic E-state index is 13.8. The summed E-state index contributed by atoms with van der Waals surface area (Å²) in [6, 6.07) is 11.7. The second-order valence-corrected chi connectivity index (χ2v) is 6.05. The first-order valence-corrected chi connectivity index (χ1v) is 8.05. The molecular weight excluding hydrogens is 331 g/mol. The van der Waals surface area contributed by atoms with Crippen LogP contribution in [0.15, 0.2) is 42.5 Å². The molecule has 1 heterocycles. The first kappa shape index (κ1) is 16.5. The van der Waals surface area contributed by atoms with E-state index in [-0.39, 0.29) is 28.9 Å². The van der Waals surface area contributed by atoms with Crippen LogP contribution in [-0.2, 0) is 16.0 Å². The summed E-state index contributed by atoms with van der Waals surface area (Å²) in [5.74, 6) is -0.853. The van der Waals surface area contributed by atoms with Crippen molar-refractivity contribution in [3.05, 3.63) is 58.9 Å². The van der Waals surface area contributed by atoms with Crippen LogP contribution in [-0.4, -0.2) is 18.4 Å². The van der Waals surface area contributed by atoms with Crippen molar-refractivity contribution in [1.29, 1.82) is 0 Å². The molecule has 2 aromatic carbocycles. The predicted octanol–water partition coefficient (Wildman–Crippen LogP) is 3.79. The Labute approximate surface area is 144 Å². The van der Waals surface area contributed by atoms with Crippen LogP contribution < -0.4 is 10.2 Å². The zero-order valence-electron chi connectivity index (χ0n) is 12.9. The summed E-state index contributed by atoms with van der Waals surface area (Å²) in [6.45, 7) is 0.729. The van der Waals surface area contributed by atoms with Gasteiger partial charge in [-0.3, -0.25) is 9.59 Å². The van der Waals surface area contributed by atoms with Gasteiger partial charge in [0.25, 0.3) is 0 Å². The minimum absolute atomic E-state index is 0.0348. The van der Waals surface area contributed by atoms with Gasteiger partial charge in [0.15, 0.2) is 5.82 Å². The molecular formula is C18H16ClFN2O2. The molecule has 4 nitrogen and oxygen atoms in total. The molecule has 124 valence electrons. The highest BCUT2D eigenvalue weighted by atomic mass is 35.5. The molecule has 3 rings (SSSR count). The highest BCUT2D eigenvalue weighted by Gasteiger charge is 2.21. The van der Waals surface area contributed by atoms with Crippen LogP contribution >= 0.6 is 11.6 Å². The van der Waals surface area contributed by atoms with Gasteiger partial charge in [-0.1, -0.05) is 29.8 Å². The summed E-state index contributed by atoms with van der Waals surface area (Å²) in [4.78, 5) is 25.5. The van der Waals surface area contributed by atoms with Crippen LogP contribution in [0.2, 0.25) is 5.02 Å². The number of hydrogen-bond acceptors (Lipinski definition) is 2. The molecule has 0 spiro atoms. The van der Waals surface area contributed by atoms with E-state index >= 15 is 0 Å². The van der Waals surface area contributed by atoms with Crippen molar-refractivity contribution in [3.63, 3.8) is 0 Å². The van der Waals surface area contributed by atoms with Crippen molar-refractivity contribution in [3.8, 4) is 0 Å². The fourth-order valence-corrected chi connectivity index (χ4v) is 2.87. The molecule has 0 aromatic heterocycles. The second-order valence-electron chi connectivity index (χ2n) is 5.64. The van der Waals surface area contributed by atoms with E-state index < -0.39 is 5.82 Å². The number of nitrogens with one attached hydrogen (secondary N) is 1. The summed E-state index contributed by atoms with van der Waals surface area (Å²) in [5, 5.41) is 2.48. The van der Waals surface area contributed by atoms with Crippen molar-refractivity contribution in [1.82, 2.24) is 0 Å². The molecule has 0 unspecified atom stereocenters. The van der Waals surface area contributed by atoms with E-state index in [4.69, 9.17) is 11.6 Å². The highest BCUT2D eigenvalue weighted by Crippen LogP contribution is 2.23. The standard InChI is InChI=1S/C18H16ClFN2O2/c19-14-3-1-4-15(18(14)20)21-16(23)11-12-6-8-13(9-7-12)22-10-2-5-17(22)24/h1,3-4,6-9H,2,5,10-11H2,(H,21,23). The normalized spacial score (nSPS) is 14.1. The van der Waals surface area contributed by atoms with E-state index in [9.17, 15) is 14.0 Å². The zero-order chi connectivity index (χ0) is 17.1. The first-order valence-electron chi connectivity index (χ1n) is 7.68. The Morgan fingerprint density at radius 2 is 1.96 bits per heavy atom. The fraction of sp³-hybridized carbons (Fsp3) is 0.222. The minimum Gasteiger partial charge on any atom is -0.323 e. The number of rotatable bonds is 4. The molecule has 1 aliphatic rings. The Hall–Kier alpha value is -2.40. The quantitative estimate of drug-likeness (QED) is 0.915. The lowest BCUT2D eigenvalue weighted by Gasteiger charge is -2.16. The molecule has 1 fully saturated rings. The van der Waals surface area contributed by atoms with Gasteiger partial charge in [0.05, 0.1) is 17.1 Å². The fourth-order valence-electron chi connectivity index (χ4n) is 2.70. The third kappa shape index (κ3) is 3.57. The molecule has 24 heavy (non-hydrogen) atoms. The molecule has 0 bridgehead atoms. The highest BCUT2D eigenvalue weighted by molar-refractivity contribution is 6.31. The van der Waals surface area contributed by atoms with Crippen molar-refractivity contribution >= 4 is 34.8 Å². The average Bonchev–Trinajstić information content (AvgIpc) is 2.99. The molecule has 0 aliphatic carbocycles. The van der Waals surface area contributed by atoms with E-state index in [0.29, 0.717) is 6.42 Å². The van der Waals surface area contributed by atoms with Crippen molar-refractivity contribution < 1.29 is 14.0 Å². The number of nitrogens with zero attached hydrogens (tertiary/aromatic N) is 1. The van der Waals surface area contributed by atoms with Crippen molar-refractivity contribution in [2.24, 2.45) is 0 Å². The molecule has 1 aliphatic heterocycles. The summed E-state index contributed by atoms with van der Waals surface area (Å²) < 4.78 is 13.8. The summed E-state index contributed by atoms with van der Waals surface area (Å²) in [6.07, 6.45) is 1.56. The van der Waals surface area contributed by atoms with E-state index in [2.05, 4.69) is 5.32 Å². The van der Waals surface area contributed by atoms with Crippen LogP contribution in [0.3, 0.4) is 0 Å². The van der Waals surface area contributed by atoms with E-state index in [1.165, 1.54) is 12.1 Å². The van der Waals surface area contributed by atoms with Gasteiger partial charge in [0.2, 0.25) is 11.8 Å². The van der Waals surface area contributed by atoms with Gasteiger partial charge in [-0.25, -0.2) is 4.39 Å². The minimum atomic E-state index is -0.643. The number of benzene rings is 2. The molecule has 0 atom stereocenters. The van der Waals surface area contributed by atoms with Crippen LogP contribution in [0.1, 0.15) is 18.4 Å². The SMILES string of the molecule is O=C(Cc1ccc(N2CCCC2=O)cc1)Nc1cccc(Cl)c1F. The van der Waals surface area contributed by atoms with E-state index in [1.807, 2.05) is 12.1 Å². The molecule has 6 heteroatoms. The average molecular weight is 347 g/mol. The lowest BCUT2D eigenvalue weighted by atomic mass is 10.1. The third-order valence-electron chi connectivity index (χ3n) is 3.91. The summed E-state index contributed by atoms with van der Waals surface area (Å²) >= 11 is 5.69. The zero-order valence-corrected chi connectivity index (χ0v) is 13.6. The van der Waals surface area contributed by atoms with Crippen molar-refractivity contribution in [2.75, 3.05) is 16.8 Å². The molecule has 2 aromatic rings. The molecule has 1 saturated heterocycles. The molecule has 2 amide bonds. The number of anilines is 2. The molecule has 0 saturated carbocycles. The number of hydrogen-bond donors (Lipinski definition) is 1. The Morgan fingerprint density at radius 3 is 2.62 bits per heavy atom. The van der Waals surface area contributed by atoms with Crippen LogP contribution in [0.4, 0.5) is 15.8 Å². The van der Waals surface area contributed by atoms with Gasteiger partial charge in [-0.2, -0.15) is 0 Å². The Bertz CT molecular complexity index is 777. The van der Waals surface area contributed by atoms with Gasteiger partial charge in [-0.15, -0.1) is 0 Å². The molecule has 1 N–H and O–H groups in total. The Morgan fingerprint density at radius 1 is 1.21 bits per heavy atom. The van der Waals surface area contributed by atoms with Gasteiger partial charge in [0.1, 0.15) is 0 Å². The monoisotopic (exact) mass is 346 g/mol. The van der Waals surface area contributed by atoms with Crippen molar-refractivity contribution in [2.45, 2.75) is 19.3 Å². The van der Waals surface area contributed by atoms with Gasteiger partial charge in [0, 0.05) is 18.7 Å². The number of carbonyl (C=O) groups is 2. The third-order valence-corrected chi connectivity index (χ3v) is 4.20. The number of amides is 2. The lowest BCUT2D eigenvalue weighted by molar-refractivity contribution is -0.117. The Balaban J connectivity index is 1.64. The maximum Gasteiger partial charge on any atom is 0.228 e. The molecule has 0 radical (unpaired) electrons. The second kappa shape index (κ2) is 7.01. The Kier molecular flexibility index (Phi) is 4.81. The number of carbonyl (C=O) groups excluding carboxylic acids is 2. The largest absolute Gasteiger partial charge is 0.323 e. The smallest absolute Gasteiger partial charge is 0.228 e. The van der Waals surface area contributed by atoms with Crippen LogP contribution in [0.5, 0.6) is 0 Å². The maximum atomic E-state index is 13.8. The van der Waals surface area contributed by atoms with Crippen LogP contribution in [0.25, 0.3) is 0 Å². The van der Waals surface area contributed by atoms with E-state index in [1.54, 1.807) is 23.1 Å². The predicted molar refractivity (Wildman–Crippen MR) is 91.8 cm³/mol. The summed E-state index contributed by atoms with van der Waals surface area (Å²) in [5.41, 5.74) is 1.68. The van der Waals surface area contributed by atoms with Gasteiger partial charge >= 0.3 is 0 Å². The van der Waals surface area contributed by atoms with Gasteiger partial charge < -0.3 is 10.2 Å².